The first-order chi connectivity index (χ1) is 13.9. The Labute approximate surface area is 172 Å². The maximum absolute atomic E-state index is 12.6. The second kappa shape index (κ2) is 8.55. The standard InChI is InChI=1S/C20H30N4O4S/c1-29(26,27)17-13-21-20(24-8-3-2-4-9-24)22-18(17)15-5-10-23(11-6-15)19(25)16-7-12-28-14-16/h13,15-16H,2-12,14H2,1H3. The fraction of sp³-hybridized carbons (Fsp3) is 0.750. The van der Waals surface area contributed by atoms with Gasteiger partial charge in [-0.15, -0.1) is 0 Å². The highest BCUT2D eigenvalue weighted by Gasteiger charge is 2.33. The highest BCUT2D eigenvalue weighted by atomic mass is 32.2. The summed E-state index contributed by atoms with van der Waals surface area (Å²) in [5.74, 6) is 0.799. The van der Waals surface area contributed by atoms with Gasteiger partial charge in [-0.05, 0) is 38.5 Å². The number of sulfone groups is 1. The molecule has 3 aliphatic rings. The summed E-state index contributed by atoms with van der Waals surface area (Å²) in [6.07, 6.45) is 8.36. The number of likely N-dealkylation sites (tertiary alicyclic amines) is 1. The number of carbonyl (C=O) groups is 1. The van der Waals surface area contributed by atoms with Gasteiger partial charge in [0.1, 0.15) is 4.90 Å². The number of hydrogen-bond acceptors (Lipinski definition) is 7. The van der Waals surface area contributed by atoms with Gasteiger partial charge in [0.05, 0.1) is 24.4 Å². The second-order valence-corrected chi connectivity index (χ2v) is 10.4. The van der Waals surface area contributed by atoms with E-state index in [1.54, 1.807) is 0 Å². The number of ether oxygens (including phenoxy) is 1. The van der Waals surface area contributed by atoms with Gasteiger partial charge < -0.3 is 14.5 Å². The Morgan fingerprint density at radius 2 is 1.83 bits per heavy atom. The van der Waals surface area contributed by atoms with Gasteiger partial charge in [0.15, 0.2) is 9.84 Å². The van der Waals surface area contributed by atoms with Crippen molar-refractivity contribution >= 4 is 21.7 Å². The van der Waals surface area contributed by atoms with Crippen molar-refractivity contribution in [2.45, 2.75) is 49.3 Å². The molecule has 1 unspecified atom stereocenters. The van der Waals surface area contributed by atoms with Crippen molar-refractivity contribution in [1.29, 1.82) is 0 Å². The molecule has 1 aromatic heterocycles. The number of nitrogens with zero attached hydrogens (tertiary/aromatic N) is 4. The maximum atomic E-state index is 12.6. The van der Waals surface area contributed by atoms with E-state index in [1.165, 1.54) is 18.9 Å². The Bertz CT molecular complexity index is 840. The molecule has 3 aliphatic heterocycles. The Balaban J connectivity index is 1.52. The van der Waals surface area contributed by atoms with Crippen LogP contribution in [0.3, 0.4) is 0 Å². The van der Waals surface area contributed by atoms with E-state index in [1.807, 2.05) is 4.90 Å². The zero-order chi connectivity index (χ0) is 20.4. The fourth-order valence-electron chi connectivity index (χ4n) is 4.56. The SMILES string of the molecule is CS(=O)(=O)c1cnc(N2CCCCC2)nc1C1CCN(C(=O)C2CCOC2)CC1. The van der Waals surface area contributed by atoms with E-state index < -0.39 is 9.84 Å². The minimum atomic E-state index is -3.41. The number of aromatic nitrogens is 2. The first kappa shape index (κ1) is 20.5. The number of amides is 1. The lowest BCUT2D eigenvalue weighted by Crippen LogP contribution is -2.42. The van der Waals surface area contributed by atoms with Crippen LogP contribution in [0.2, 0.25) is 0 Å². The Hall–Kier alpha value is -1.74. The topological polar surface area (TPSA) is 92.7 Å². The Morgan fingerprint density at radius 1 is 1.10 bits per heavy atom. The molecule has 0 saturated carbocycles. The summed E-state index contributed by atoms with van der Waals surface area (Å²) in [4.78, 5) is 26.1. The van der Waals surface area contributed by atoms with Gasteiger partial charge in [-0.3, -0.25) is 4.79 Å². The molecule has 0 N–H and O–H groups in total. The summed E-state index contributed by atoms with van der Waals surface area (Å²) in [6, 6.07) is 0. The van der Waals surface area contributed by atoms with Gasteiger partial charge >= 0.3 is 0 Å². The van der Waals surface area contributed by atoms with E-state index in [2.05, 4.69) is 9.88 Å². The van der Waals surface area contributed by atoms with Crippen molar-refractivity contribution in [2.75, 3.05) is 50.5 Å². The van der Waals surface area contributed by atoms with Crippen LogP contribution >= 0.6 is 0 Å². The molecule has 3 fully saturated rings. The molecule has 0 spiro atoms. The Kier molecular flexibility index (Phi) is 6.06. The molecule has 0 radical (unpaired) electrons. The van der Waals surface area contributed by atoms with Crippen LogP contribution in [0.1, 0.15) is 50.1 Å². The predicted octanol–water partition coefficient (Wildman–Crippen LogP) is 1.61. The predicted molar refractivity (Wildman–Crippen MR) is 109 cm³/mol. The molecule has 1 atom stereocenters. The largest absolute Gasteiger partial charge is 0.381 e. The number of hydrogen-bond donors (Lipinski definition) is 0. The van der Waals surface area contributed by atoms with Gasteiger partial charge in [-0.25, -0.2) is 18.4 Å². The first-order valence-electron chi connectivity index (χ1n) is 10.6. The van der Waals surface area contributed by atoms with Crippen molar-refractivity contribution in [3.63, 3.8) is 0 Å². The maximum Gasteiger partial charge on any atom is 0.228 e. The lowest BCUT2D eigenvalue weighted by atomic mass is 9.92. The number of anilines is 1. The number of piperidine rings is 2. The molecule has 0 bridgehead atoms. The van der Waals surface area contributed by atoms with Crippen molar-refractivity contribution < 1.29 is 17.9 Å². The molecule has 1 amide bonds. The van der Waals surface area contributed by atoms with Gasteiger partial charge in [0, 0.05) is 45.0 Å². The van der Waals surface area contributed by atoms with Crippen molar-refractivity contribution in [1.82, 2.24) is 14.9 Å². The molecular formula is C20H30N4O4S. The molecule has 3 saturated heterocycles. The molecule has 9 heteroatoms. The first-order valence-corrected chi connectivity index (χ1v) is 12.5. The monoisotopic (exact) mass is 422 g/mol. The van der Waals surface area contributed by atoms with E-state index in [0.29, 0.717) is 37.9 Å². The number of rotatable bonds is 4. The minimum Gasteiger partial charge on any atom is -0.381 e. The zero-order valence-corrected chi connectivity index (χ0v) is 17.9. The quantitative estimate of drug-likeness (QED) is 0.728. The van der Waals surface area contributed by atoms with E-state index >= 15 is 0 Å². The smallest absolute Gasteiger partial charge is 0.228 e. The number of carbonyl (C=O) groups excluding carboxylic acids is 1. The summed E-state index contributed by atoms with van der Waals surface area (Å²) in [5.41, 5.74) is 0.624. The molecule has 4 rings (SSSR count). The summed E-state index contributed by atoms with van der Waals surface area (Å²) in [7, 11) is -3.41. The fourth-order valence-corrected chi connectivity index (χ4v) is 5.40. The summed E-state index contributed by atoms with van der Waals surface area (Å²) >= 11 is 0. The molecule has 0 aromatic carbocycles. The highest BCUT2D eigenvalue weighted by Crippen LogP contribution is 2.33. The van der Waals surface area contributed by atoms with Crippen LogP contribution in [0.5, 0.6) is 0 Å². The normalized spacial score (nSPS) is 24.1. The van der Waals surface area contributed by atoms with E-state index in [0.717, 1.165) is 45.2 Å². The van der Waals surface area contributed by atoms with Gasteiger partial charge in [-0.1, -0.05) is 0 Å². The van der Waals surface area contributed by atoms with Gasteiger partial charge in [0.2, 0.25) is 11.9 Å². The van der Waals surface area contributed by atoms with E-state index in [-0.39, 0.29) is 22.6 Å². The molecular weight excluding hydrogens is 392 g/mol. The van der Waals surface area contributed by atoms with Crippen molar-refractivity contribution in [3.05, 3.63) is 11.9 Å². The average Bonchev–Trinajstić information content (AvgIpc) is 3.28. The molecule has 160 valence electrons. The van der Waals surface area contributed by atoms with Gasteiger partial charge in [-0.2, -0.15) is 0 Å². The van der Waals surface area contributed by atoms with Crippen molar-refractivity contribution in [2.24, 2.45) is 5.92 Å². The third-order valence-corrected chi connectivity index (χ3v) is 7.39. The zero-order valence-electron chi connectivity index (χ0n) is 17.0. The summed E-state index contributed by atoms with van der Waals surface area (Å²) < 4.78 is 30.1. The molecule has 8 nitrogen and oxygen atoms in total. The molecule has 4 heterocycles. The molecule has 1 aromatic rings. The minimum absolute atomic E-state index is 0.0233. The van der Waals surface area contributed by atoms with Gasteiger partial charge in [0.25, 0.3) is 0 Å². The average molecular weight is 423 g/mol. The van der Waals surface area contributed by atoms with Crippen LogP contribution in [0, 0.1) is 5.92 Å². The lowest BCUT2D eigenvalue weighted by molar-refractivity contribution is -0.136. The van der Waals surface area contributed by atoms with Crippen LogP contribution in [0.25, 0.3) is 0 Å². The Morgan fingerprint density at radius 3 is 2.45 bits per heavy atom. The van der Waals surface area contributed by atoms with Crippen LogP contribution in [-0.4, -0.2) is 74.8 Å². The van der Waals surface area contributed by atoms with Crippen molar-refractivity contribution in [3.8, 4) is 0 Å². The highest BCUT2D eigenvalue weighted by molar-refractivity contribution is 7.90. The van der Waals surface area contributed by atoms with E-state index in [9.17, 15) is 13.2 Å². The molecule has 0 aliphatic carbocycles. The van der Waals surface area contributed by atoms with Crippen LogP contribution in [0.4, 0.5) is 5.95 Å². The third kappa shape index (κ3) is 4.55. The van der Waals surface area contributed by atoms with Crippen LogP contribution < -0.4 is 4.90 Å². The summed E-state index contributed by atoms with van der Waals surface area (Å²) in [6.45, 7) is 4.26. The summed E-state index contributed by atoms with van der Waals surface area (Å²) in [5, 5.41) is 0. The van der Waals surface area contributed by atoms with E-state index in [4.69, 9.17) is 9.72 Å². The van der Waals surface area contributed by atoms with Crippen LogP contribution in [-0.2, 0) is 19.4 Å². The third-order valence-electron chi connectivity index (χ3n) is 6.28. The second-order valence-electron chi connectivity index (χ2n) is 8.40. The lowest BCUT2D eigenvalue weighted by Gasteiger charge is -2.34. The van der Waals surface area contributed by atoms with Crippen LogP contribution in [0.15, 0.2) is 11.1 Å². The molecule has 29 heavy (non-hydrogen) atoms.